The molecule has 0 aliphatic carbocycles. The van der Waals surface area contributed by atoms with Crippen LogP contribution in [0.4, 0.5) is 17.2 Å². The van der Waals surface area contributed by atoms with Gasteiger partial charge >= 0.3 is 5.97 Å². The molecule has 2 aromatic rings. The molecule has 0 amide bonds. The van der Waals surface area contributed by atoms with E-state index < -0.39 is 5.97 Å². The molecule has 1 aromatic carbocycles. The number of rotatable bonds is 4. The SMILES string of the molecule is CSc1ccc(Nc2ncc(N)cc2C(=O)O)cc1. The Hall–Kier alpha value is -2.21. The van der Waals surface area contributed by atoms with Crippen LogP contribution < -0.4 is 11.1 Å². The third kappa shape index (κ3) is 3.17. The Morgan fingerprint density at radius 1 is 1.37 bits per heavy atom. The van der Waals surface area contributed by atoms with E-state index in [9.17, 15) is 4.79 Å². The van der Waals surface area contributed by atoms with E-state index in [2.05, 4.69) is 10.3 Å². The first kappa shape index (κ1) is 13.2. The molecular weight excluding hydrogens is 262 g/mol. The number of benzene rings is 1. The summed E-state index contributed by atoms with van der Waals surface area (Å²) >= 11 is 1.64. The van der Waals surface area contributed by atoms with Crippen LogP contribution in [0.1, 0.15) is 10.4 Å². The Morgan fingerprint density at radius 3 is 2.63 bits per heavy atom. The predicted octanol–water partition coefficient (Wildman–Crippen LogP) is 2.83. The number of aromatic carboxylic acids is 1. The van der Waals surface area contributed by atoms with Gasteiger partial charge in [-0.25, -0.2) is 9.78 Å². The third-order valence-electron chi connectivity index (χ3n) is 2.49. The zero-order valence-corrected chi connectivity index (χ0v) is 11.1. The van der Waals surface area contributed by atoms with Crippen molar-refractivity contribution in [1.82, 2.24) is 4.98 Å². The molecule has 0 aliphatic rings. The Labute approximate surface area is 114 Å². The lowest BCUT2D eigenvalue weighted by Gasteiger charge is -2.09. The lowest BCUT2D eigenvalue weighted by Crippen LogP contribution is -2.06. The van der Waals surface area contributed by atoms with E-state index in [0.717, 1.165) is 10.6 Å². The fourth-order valence-electron chi connectivity index (χ4n) is 1.55. The Bertz CT molecular complexity index is 599. The van der Waals surface area contributed by atoms with E-state index in [0.29, 0.717) is 5.69 Å². The van der Waals surface area contributed by atoms with Gasteiger partial charge < -0.3 is 16.2 Å². The number of hydrogen-bond acceptors (Lipinski definition) is 5. The Morgan fingerprint density at radius 2 is 2.05 bits per heavy atom. The number of anilines is 3. The molecule has 0 saturated heterocycles. The average Bonchev–Trinajstić information content (AvgIpc) is 2.41. The highest BCUT2D eigenvalue weighted by Crippen LogP contribution is 2.23. The monoisotopic (exact) mass is 275 g/mol. The van der Waals surface area contributed by atoms with Gasteiger partial charge in [0.2, 0.25) is 0 Å². The summed E-state index contributed by atoms with van der Waals surface area (Å²) in [7, 11) is 0. The summed E-state index contributed by atoms with van der Waals surface area (Å²) in [4.78, 5) is 16.3. The summed E-state index contributed by atoms with van der Waals surface area (Å²) in [5.41, 5.74) is 6.69. The summed E-state index contributed by atoms with van der Waals surface area (Å²) < 4.78 is 0. The van der Waals surface area contributed by atoms with Crippen molar-refractivity contribution in [1.29, 1.82) is 0 Å². The lowest BCUT2D eigenvalue weighted by atomic mass is 10.2. The number of aromatic nitrogens is 1. The second-order valence-corrected chi connectivity index (χ2v) is 4.70. The molecule has 0 saturated carbocycles. The van der Waals surface area contributed by atoms with Gasteiger partial charge in [0.05, 0.1) is 11.9 Å². The third-order valence-corrected chi connectivity index (χ3v) is 3.24. The highest BCUT2D eigenvalue weighted by Gasteiger charge is 2.12. The van der Waals surface area contributed by atoms with Gasteiger partial charge in [-0.15, -0.1) is 11.8 Å². The normalized spacial score (nSPS) is 10.2. The molecular formula is C13H13N3O2S. The zero-order valence-electron chi connectivity index (χ0n) is 10.3. The number of nitrogen functional groups attached to an aromatic ring is 1. The molecule has 0 aliphatic heterocycles. The van der Waals surface area contributed by atoms with E-state index >= 15 is 0 Å². The van der Waals surface area contributed by atoms with Gasteiger partial charge in [0.15, 0.2) is 0 Å². The first-order valence-electron chi connectivity index (χ1n) is 5.50. The zero-order chi connectivity index (χ0) is 13.8. The number of nitrogens with zero attached hydrogens (tertiary/aromatic N) is 1. The van der Waals surface area contributed by atoms with Gasteiger partial charge in [0.1, 0.15) is 11.4 Å². The predicted molar refractivity (Wildman–Crippen MR) is 77.1 cm³/mol. The van der Waals surface area contributed by atoms with Crippen LogP contribution in [0, 0.1) is 0 Å². The molecule has 2 rings (SSSR count). The molecule has 0 atom stereocenters. The van der Waals surface area contributed by atoms with Gasteiger partial charge in [-0.3, -0.25) is 0 Å². The summed E-state index contributed by atoms with van der Waals surface area (Å²) in [6, 6.07) is 9.02. The number of carbonyl (C=O) groups is 1. The fraction of sp³-hybridized carbons (Fsp3) is 0.0769. The largest absolute Gasteiger partial charge is 0.478 e. The van der Waals surface area contributed by atoms with E-state index in [-0.39, 0.29) is 11.4 Å². The second-order valence-electron chi connectivity index (χ2n) is 3.82. The highest BCUT2D eigenvalue weighted by atomic mass is 32.2. The van der Waals surface area contributed by atoms with Crippen molar-refractivity contribution in [3.63, 3.8) is 0 Å². The van der Waals surface area contributed by atoms with Crippen molar-refractivity contribution in [3.8, 4) is 0 Å². The lowest BCUT2D eigenvalue weighted by molar-refractivity contribution is 0.0697. The molecule has 0 unspecified atom stereocenters. The van der Waals surface area contributed by atoms with Gasteiger partial charge in [0.25, 0.3) is 0 Å². The van der Waals surface area contributed by atoms with E-state index in [1.165, 1.54) is 12.3 Å². The number of carboxylic acids is 1. The number of pyridine rings is 1. The van der Waals surface area contributed by atoms with Crippen molar-refractivity contribution in [2.75, 3.05) is 17.3 Å². The van der Waals surface area contributed by atoms with E-state index in [1.807, 2.05) is 30.5 Å². The summed E-state index contributed by atoms with van der Waals surface area (Å²) in [6.45, 7) is 0. The maximum Gasteiger partial charge on any atom is 0.339 e. The standard InChI is InChI=1S/C13H13N3O2S/c1-19-10-4-2-9(3-5-10)16-12-11(13(17)18)6-8(14)7-15-12/h2-7H,14H2,1H3,(H,15,16)(H,17,18). The first-order chi connectivity index (χ1) is 9.10. The second kappa shape index (κ2) is 5.62. The van der Waals surface area contributed by atoms with Gasteiger partial charge in [0, 0.05) is 10.6 Å². The summed E-state index contributed by atoms with van der Waals surface area (Å²) in [6.07, 6.45) is 3.41. The fourth-order valence-corrected chi connectivity index (χ4v) is 1.96. The number of nitrogens with two attached hydrogens (primary N) is 1. The van der Waals surface area contributed by atoms with Crippen LogP contribution in [0.2, 0.25) is 0 Å². The van der Waals surface area contributed by atoms with Crippen molar-refractivity contribution >= 4 is 34.9 Å². The summed E-state index contributed by atoms with van der Waals surface area (Å²) in [5.74, 6) is -0.790. The minimum atomic E-state index is -1.07. The number of thioether (sulfide) groups is 1. The van der Waals surface area contributed by atoms with Crippen LogP contribution in [-0.4, -0.2) is 22.3 Å². The van der Waals surface area contributed by atoms with Crippen molar-refractivity contribution in [3.05, 3.63) is 42.1 Å². The van der Waals surface area contributed by atoms with E-state index in [4.69, 9.17) is 10.8 Å². The molecule has 1 heterocycles. The van der Waals surface area contributed by atoms with Crippen LogP contribution in [0.3, 0.4) is 0 Å². The molecule has 6 heteroatoms. The minimum absolute atomic E-state index is 0.0499. The molecule has 98 valence electrons. The van der Waals surface area contributed by atoms with Crippen LogP contribution in [-0.2, 0) is 0 Å². The van der Waals surface area contributed by atoms with Crippen molar-refractivity contribution in [2.45, 2.75) is 4.90 Å². The minimum Gasteiger partial charge on any atom is -0.478 e. The van der Waals surface area contributed by atoms with Crippen LogP contribution in [0.5, 0.6) is 0 Å². The highest BCUT2D eigenvalue weighted by molar-refractivity contribution is 7.98. The van der Waals surface area contributed by atoms with Gasteiger partial charge in [-0.1, -0.05) is 0 Å². The molecule has 0 bridgehead atoms. The molecule has 4 N–H and O–H groups in total. The number of nitrogens with one attached hydrogen (secondary N) is 1. The van der Waals surface area contributed by atoms with Gasteiger partial charge in [-0.05, 0) is 36.6 Å². The summed E-state index contributed by atoms with van der Waals surface area (Å²) in [5, 5.41) is 12.1. The quantitative estimate of drug-likeness (QED) is 0.744. The van der Waals surface area contributed by atoms with Crippen molar-refractivity contribution < 1.29 is 9.90 Å². The molecule has 5 nitrogen and oxygen atoms in total. The van der Waals surface area contributed by atoms with E-state index in [1.54, 1.807) is 11.8 Å². The number of hydrogen-bond donors (Lipinski definition) is 3. The topological polar surface area (TPSA) is 88.2 Å². The molecule has 0 spiro atoms. The van der Waals surface area contributed by atoms with Crippen molar-refractivity contribution in [2.24, 2.45) is 0 Å². The van der Waals surface area contributed by atoms with Crippen LogP contribution in [0.25, 0.3) is 0 Å². The molecule has 0 radical (unpaired) electrons. The Kier molecular flexibility index (Phi) is 3.91. The van der Waals surface area contributed by atoms with Gasteiger partial charge in [-0.2, -0.15) is 0 Å². The van der Waals surface area contributed by atoms with Crippen LogP contribution in [0.15, 0.2) is 41.4 Å². The molecule has 0 fully saturated rings. The average molecular weight is 275 g/mol. The smallest absolute Gasteiger partial charge is 0.339 e. The maximum absolute atomic E-state index is 11.1. The maximum atomic E-state index is 11.1. The van der Waals surface area contributed by atoms with Crippen LogP contribution >= 0.6 is 11.8 Å². The molecule has 19 heavy (non-hydrogen) atoms. The Balaban J connectivity index is 2.29. The number of carboxylic acid groups (broad SMARTS) is 1. The first-order valence-corrected chi connectivity index (χ1v) is 6.72. The molecule has 1 aromatic heterocycles.